The molecule has 19 heavy (non-hydrogen) atoms. The molecule has 0 unspecified atom stereocenters. The second-order valence-electron chi connectivity index (χ2n) is 3.79. The van der Waals surface area contributed by atoms with Crippen molar-refractivity contribution in [2.24, 2.45) is 5.73 Å². The van der Waals surface area contributed by atoms with E-state index in [0.717, 1.165) is 12.1 Å². The van der Waals surface area contributed by atoms with E-state index in [2.05, 4.69) is 4.98 Å². The number of hydrogen-bond donors (Lipinski definition) is 2. The third-order valence-corrected chi connectivity index (χ3v) is 2.42. The molecule has 0 aliphatic rings. The van der Waals surface area contributed by atoms with Crippen molar-refractivity contribution in [1.82, 2.24) is 4.98 Å². The first-order chi connectivity index (χ1) is 9.08. The van der Waals surface area contributed by atoms with Crippen LogP contribution in [0.15, 0.2) is 36.5 Å². The number of nitrogens with one attached hydrogen (secondary N) is 1. The zero-order valence-electron chi connectivity index (χ0n) is 9.86. The molecule has 3 N–H and O–H groups in total. The number of amidine groups is 1. The average molecular weight is 263 g/mol. The number of ether oxygens (including phenoxy) is 1. The van der Waals surface area contributed by atoms with Crippen LogP contribution in [0.2, 0.25) is 0 Å². The summed E-state index contributed by atoms with van der Waals surface area (Å²) >= 11 is 0. The molecule has 6 heteroatoms. The molecular formula is C13H11F2N3O. The molecule has 0 fully saturated rings. The first-order valence-corrected chi connectivity index (χ1v) is 5.44. The van der Waals surface area contributed by atoms with Gasteiger partial charge in [-0.05, 0) is 18.2 Å². The van der Waals surface area contributed by atoms with E-state index in [4.69, 9.17) is 15.9 Å². The number of hydrogen-bond acceptors (Lipinski definition) is 3. The quantitative estimate of drug-likeness (QED) is 0.656. The number of aromatic nitrogens is 1. The number of nitrogens with two attached hydrogens (primary N) is 1. The molecule has 1 heterocycles. The lowest BCUT2D eigenvalue weighted by atomic mass is 10.2. The van der Waals surface area contributed by atoms with Gasteiger partial charge in [0.15, 0.2) is 11.6 Å². The monoisotopic (exact) mass is 263 g/mol. The highest BCUT2D eigenvalue weighted by molar-refractivity contribution is 5.94. The van der Waals surface area contributed by atoms with Crippen molar-refractivity contribution in [2.75, 3.05) is 0 Å². The van der Waals surface area contributed by atoms with Gasteiger partial charge in [0.2, 0.25) is 0 Å². The van der Waals surface area contributed by atoms with Gasteiger partial charge in [0, 0.05) is 17.8 Å². The van der Waals surface area contributed by atoms with Crippen molar-refractivity contribution in [3.63, 3.8) is 0 Å². The SMILES string of the molecule is N=C(N)c1ncccc1COc1ccc(F)cc1F. The molecule has 0 saturated heterocycles. The van der Waals surface area contributed by atoms with Crippen LogP contribution in [0.4, 0.5) is 8.78 Å². The van der Waals surface area contributed by atoms with E-state index in [1.165, 1.54) is 12.3 Å². The summed E-state index contributed by atoms with van der Waals surface area (Å²) in [5.74, 6) is -1.72. The fourth-order valence-electron chi connectivity index (χ4n) is 1.55. The fraction of sp³-hybridized carbons (Fsp3) is 0.0769. The smallest absolute Gasteiger partial charge is 0.167 e. The summed E-state index contributed by atoms with van der Waals surface area (Å²) < 4.78 is 31.3. The van der Waals surface area contributed by atoms with Crippen LogP contribution < -0.4 is 10.5 Å². The molecule has 0 amide bonds. The average Bonchev–Trinajstić information content (AvgIpc) is 2.38. The number of halogens is 2. The Morgan fingerprint density at radius 2 is 2.11 bits per heavy atom. The van der Waals surface area contributed by atoms with Gasteiger partial charge in [-0.15, -0.1) is 0 Å². The van der Waals surface area contributed by atoms with Gasteiger partial charge in [0.1, 0.15) is 24.0 Å². The van der Waals surface area contributed by atoms with E-state index in [1.54, 1.807) is 12.1 Å². The summed E-state index contributed by atoms with van der Waals surface area (Å²) in [7, 11) is 0. The molecule has 0 radical (unpaired) electrons. The maximum absolute atomic E-state index is 13.4. The van der Waals surface area contributed by atoms with E-state index < -0.39 is 11.6 Å². The van der Waals surface area contributed by atoms with Gasteiger partial charge in [0.25, 0.3) is 0 Å². The number of rotatable bonds is 4. The lowest BCUT2D eigenvalue weighted by Crippen LogP contribution is -2.16. The van der Waals surface area contributed by atoms with Crippen LogP contribution in [0.3, 0.4) is 0 Å². The predicted octanol–water partition coefficient (Wildman–Crippen LogP) is 2.22. The molecule has 1 aromatic heterocycles. The zero-order valence-corrected chi connectivity index (χ0v) is 9.86. The highest BCUT2D eigenvalue weighted by atomic mass is 19.1. The Balaban J connectivity index is 2.17. The van der Waals surface area contributed by atoms with Gasteiger partial charge in [-0.3, -0.25) is 10.4 Å². The maximum atomic E-state index is 13.4. The number of benzene rings is 1. The highest BCUT2D eigenvalue weighted by Gasteiger charge is 2.09. The molecule has 0 aliphatic carbocycles. The largest absolute Gasteiger partial charge is 0.486 e. The second-order valence-corrected chi connectivity index (χ2v) is 3.79. The van der Waals surface area contributed by atoms with Crippen molar-refractivity contribution in [1.29, 1.82) is 5.41 Å². The highest BCUT2D eigenvalue weighted by Crippen LogP contribution is 2.19. The van der Waals surface area contributed by atoms with E-state index >= 15 is 0 Å². The Labute approximate surface area is 108 Å². The molecule has 0 bridgehead atoms. The van der Waals surface area contributed by atoms with Crippen LogP contribution in [-0.4, -0.2) is 10.8 Å². The number of nitrogen functional groups attached to an aromatic ring is 1. The van der Waals surface area contributed by atoms with E-state index in [9.17, 15) is 8.78 Å². The lowest BCUT2D eigenvalue weighted by Gasteiger charge is -2.09. The van der Waals surface area contributed by atoms with Gasteiger partial charge >= 0.3 is 0 Å². The molecule has 1 aromatic carbocycles. The molecule has 0 aliphatic heterocycles. The van der Waals surface area contributed by atoms with Gasteiger partial charge in [-0.1, -0.05) is 6.07 Å². The Bertz CT molecular complexity index is 617. The molecule has 0 spiro atoms. The van der Waals surface area contributed by atoms with Gasteiger partial charge < -0.3 is 10.5 Å². The summed E-state index contributed by atoms with van der Waals surface area (Å²) in [5, 5.41) is 7.37. The second kappa shape index (κ2) is 5.43. The molecule has 0 saturated carbocycles. The van der Waals surface area contributed by atoms with Gasteiger partial charge in [0.05, 0.1) is 0 Å². The lowest BCUT2D eigenvalue weighted by molar-refractivity contribution is 0.288. The van der Waals surface area contributed by atoms with Crippen molar-refractivity contribution in [3.8, 4) is 5.75 Å². The fourth-order valence-corrected chi connectivity index (χ4v) is 1.55. The van der Waals surface area contributed by atoms with E-state index in [-0.39, 0.29) is 23.9 Å². The minimum Gasteiger partial charge on any atom is -0.486 e. The summed E-state index contributed by atoms with van der Waals surface area (Å²) in [6, 6.07) is 6.38. The van der Waals surface area contributed by atoms with Crippen LogP contribution in [0.1, 0.15) is 11.3 Å². The van der Waals surface area contributed by atoms with Gasteiger partial charge in [-0.2, -0.15) is 0 Å². The van der Waals surface area contributed by atoms with E-state index in [0.29, 0.717) is 5.56 Å². The Morgan fingerprint density at radius 3 is 2.79 bits per heavy atom. The van der Waals surface area contributed by atoms with Crippen molar-refractivity contribution >= 4 is 5.84 Å². The van der Waals surface area contributed by atoms with Crippen LogP contribution >= 0.6 is 0 Å². The predicted molar refractivity (Wildman–Crippen MR) is 65.9 cm³/mol. The maximum Gasteiger partial charge on any atom is 0.167 e. The summed E-state index contributed by atoms with van der Waals surface area (Å²) in [4.78, 5) is 3.94. The summed E-state index contributed by atoms with van der Waals surface area (Å²) in [6.45, 7) is -0.00863. The van der Waals surface area contributed by atoms with Crippen molar-refractivity contribution in [3.05, 3.63) is 59.4 Å². The molecule has 98 valence electrons. The Kier molecular flexibility index (Phi) is 3.70. The standard InChI is InChI=1S/C13H11F2N3O/c14-9-3-4-11(10(15)6-9)19-7-8-2-1-5-18-12(8)13(16)17/h1-6H,7H2,(H3,16,17). The van der Waals surface area contributed by atoms with Crippen LogP contribution in [-0.2, 0) is 6.61 Å². The van der Waals surface area contributed by atoms with Crippen molar-refractivity contribution < 1.29 is 13.5 Å². The number of nitrogens with zero attached hydrogens (tertiary/aromatic N) is 1. The number of pyridine rings is 1. The Hall–Kier alpha value is -2.50. The third-order valence-electron chi connectivity index (χ3n) is 2.42. The first-order valence-electron chi connectivity index (χ1n) is 5.44. The Morgan fingerprint density at radius 1 is 1.32 bits per heavy atom. The first kappa shape index (κ1) is 12.9. The molecular weight excluding hydrogens is 252 g/mol. The van der Waals surface area contributed by atoms with Crippen LogP contribution in [0.25, 0.3) is 0 Å². The van der Waals surface area contributed by atoms with Crippen LogP contribution in [0.5, 0.6) is 5.75 Å². The molecule has 2 aromatic rings. The summed E-state index contributed by atoms with van der Waals surface area (Å²) in [5.41, 5.74) is 6.21. The zero-order chi connectivity index (χ0) is 13.8. The van der Waals surface area contributed by atoms with Crippen molar-refractivity contribution in [2.45, 2.75) is 6.61 Å². The normalized spacial score (nSPS) is 10.2. The van der Waals surface area contributed by atoms with Crippen LogP contribution in [0, 0.1) is 17.0 Å². The molecule has 0 atom stereocenters. The minimum atomic E-state index is -0.784. The van der Waals surface area contributed by atoms with E-state index in [1.807, 2.05) is 0 Å². The topological polar surface area (TPSA) is 72.0 Å². The van der Waals surface area contributed by atoms with Gasteiger partial charge in [-0.25, -0.2) is 8.78 Å². The third kappa shape index (κ3) is 3.04. The minimum absolute atomic E-state index is 0.00863. The molecule has 2 rings (SSSR count). The summed E-state index contributed by atoms with van der Waals surface area (Å²) in [6.07, 6.45) is 1.50. The molecule has 4 nitrogen and oxygen atoms in total.